The van der Waals surface area contributed by atoms with E-state index in [2.05, 4.69) is 30.8 Å². The molecule has 0 saturated carbocycles. The monoisotopic (exact) mass is 229 g/mol. The SMILES string of the molecule is CNc1ncc(C#N)c(NCc2ccn[nH]2)n1. The first-order valence-electron chi connectivity index (χ1n) is 5.00. The molecular formula is C10H11N7. The Morgan fingerprint density at radius 1 is 1.53 bits per heavy atom. The molecule has 0 aliphatic carbocycles. The van der Waals surface area contributed by atoms with Gasteiger partial charge < -0.3 is 10.6 Å². The van der Waals surface area contributed by atoms with Gasteiger partial charge in [0.15, 0.2) is 0 Å². The topological polar surface area (TPSA) is 102 Å². The van der Waals surface area contributed by atoms with Crippen molar-refractivity contribution in [2.75, 3.05) is 17.7 Å². The van der Waals surface area contributed by atoms with Crippen molar-refractivity contribution in [3.8, 4) is 6.07 Å². The average Bonchev–Trinajstić information content (AvgIpc) is 2.89. The molecule has 0 aliphatic rings. The first-order chi connectivity index (χ1) is 8.33. The van der Waals surface area contributed by atoms with Crippen LogP contribution in [-0.2, 0) is 6.54 Å². The van der Waals surface area contributed by atoms with E-state index in [1.807, 2.05) is 12.1 Å². The Hall–Kier alpha value is -2.62. The van der Waals surface area contributed by atoms with Crippen molar-refractivity contribution in [1.29, 1.82) is 5.26 Å². The lowest BCUT2D eigenvalue weighted by Gasteiger charge is -2.07. The highest BCUT2D eigenvalue weighted by Gasteiger charge is 2.06. The van der Waals surface area contributed by atoms with Gasteiger partial charge in [0.25, 0.3) is 0 Å². The van der Waals surface area contributed by atoms with Gasteiger partial charge in [-0.15, -0.1) is 0 Å². The quantitative estimate of drug-likeness (QED) is 0.714. The number of rotatable bonds is 4. The zero-order valence-corrected chi connectivity index (χ0v) is 9.23. The molecule has 86 valence electrons. The smallest absolute Gasteiger partial charge is 0.224 e. The van der Waals surface area contributed by atoms with Crippen molar-refractivity contribution in [3.63, 3.8) is 0 Å². The van der Waals surface area contributed by atoms with Crippen molar-refractivity contribution >= 4 is 11.8 Å². The molecule has 2 aromatic rings. The maximum atomic E-state index is 8.93. The minimum atomic E-state index is 0.406. The molecule has 0 amide bonds. The number of hydrogen-bond donors (Lipinski definition) is 3. The van der Waals surface area contributed by atoms with E-state index in [9.17, 15) is 0 Å². The largest absolute Gasteiger partial charge is 0.363 e. The average molecular weight is 229 g/mol. The number of H-pyrrole nitrogens is 1. The molecule has 0 unspecified atom stereocenters. The summed E-state index contributed by atoms with van der Waals surface area (Å²) < 4.78 is 0. The van der Waals surface area contributed by atoms with Gasteiger partial charge in [-0.05, 0) is 6.07 Å². The summed E-state index contributed by atoms with van der Waals surface area (Å²) in [7, 11) is 1.72. The third-order valence-corrected chi connectivity index (χ3v) is 2.14. The Balaban J connectivity index is 2.16. The summed E-state index contributed by atoms with van der Waals surface area (Å²) in [5.74, 6) is 0.970. The number of aromatic amines is 1. The van der Waals surface area contributed by atoms with E-state index in [1.54, 1.807) is 13.2 Å². The minimum Gasteiger partial charge on any atom is -0.363 e. The lowest BCUT2D eigenvalue weighted by Crippen LogP contribution is -2.06. The Kier molecular flexibility index (Phi) is 3.16. The van der Waals surface area contributed by atoms with Gasteiger partial charge in [0.1, 0.15) is 17.5 Å². The van der Waals surface area contributed by atoms with Crippen LogP contribution in [0.15, 0.2) is 18.5 Å². The van der Waals surface area contributed by atoms with E-state index in [4.69, 9.17) is 5.26 Å². The van der Waals surface area contributed by atoms with Gasteiger partial charge in [0.05, 0.1) is 18.4 Å². The minimum absolute atomic E-state index is 0.406. The third kappa shape index (κ3) is 2.49. The first kappa shape index (κ1) is 10.9. The number of nitrogens with zero attached hydrogens (tertiary/aromatic N) is 4. The molecule has 2 aromatic heterocycles. The summed E-state index contributed by atoms with van der Waals surface area (Å²) in [4.78, 5) is 8.14. The molecule has 7 heteroatoms. The molecule has 0 aliphatic heterocycles. The van der Waals surface area contributed by atoms with Crippen LogP contribution in [0.25, 0.3) is 0 Å². The van der Waals surface area contributed by atoms with E-state index in [0.717, 1.165) is 5.69 Å². The molecule has 7 nitrogen and oxygen atoms in total. The predicted molar refractivity (Wildman–Crippen MR) is 62.2 cm³/mol. The summed E-state index contributed by atoms with van der Waals surface area (Å²) in [5.41, 5.74) is 1.32. The van der Waals surface area contributed by atoms with Crippen molar-refractivity contribution in [2.24, 2.45) is 0 Å². The molecule has 0 aromatic carbocycles. The Bertz CT molecular complexity index is 526. The Morgan fingerprint density at radius 3 is 3.06 bits per heavy atom. The number of aromatic nitrogens is 4. The molecule has 0 radical (unpaired) electrons. The van der Waals surface area contributed by atoms with Crippen LogP contribution >= 0.6 is 0 Å². The van der Waals surface area contributed by atoms with Crippen molar-refractivity contribution in [3.05, 3.63) is 29.7 Å². The Labute approximate surface area is 97.9 Å². The first-order valence-corrected chi connectivity index (χ1v) is 5.00. The summed E-state index contributed by atoms with van der Waals surface area (Å²) >= 11 is 0. The standard InChI is InChI=1S/C10H11N7/c1-12-10-14-5-7(4-11)9(16-10)13-6-8-2-3-15-17-8/h2-3,5H,6H2,1H3,(H,15,17)(H2,12,13,14,16). The van der Waals surface area contributed by atoms with Crippen LogP contribution < -0.4 is 10.6 Å². The summed E-state index contributed by atoms with van der Waals surface area (Å²) in [6.07, 6.45) is 3.15. The number of nitriles is 1. The molecule has 0 spiro atoms. The third-order valence-electron chi connectivity index (χ3n) is 2.14. The second kappa shape index (κ2) is 4.94. The molecule has 0 atom stereocenters. The van der Waals surface area contributed by atoms with Crippen LogP contribution in [0.4, 0.5) is 11.8 Å². The number of anilines is 2. The predicted octanol–water partition coefficient (Wildman–Crippen LogP) is 0.725. The Morgan fingerprint density at radius 2 is 2.41 bits per heavy atom. The van der Waals surface area contributed by atoms with E-state index < -0.39 is 0 Å². The lowest BCUT2D eigenvalue weighted by atomic mass is 10.3. The fourth-order valence-corrected chi connectivity index (χ4v) is 1.28. The van der Waals surface area contributed by atoms with Gasteiger partial charge in [0, 0.05) is 13.2 Å². The second-order valence-electron chi connectivity index (χ2n) is 3.25. The number of nitrogens with one attached hydrogen (secondary N) is 3. The molecule has 2 rings (SSSR count). The highest BCUT2D eigenvalue weighted by Crippen LogP contribution is 2.13. The van der Waals surface area contributed by atoms with Gasteiger partial charge in [-0.2, -0.15) is 15.3 Å². The van der Waals surface area contributed by atoms with Crippen LogP contribution in [0, 0.1) is 11.3 Å². The molecule has 0 saturated heterocycles. The molecule has 17 heavy (non-hydrogen) atoms. The zero-order valence-electron chi connectivity index (χ0n) is 9.23. The molecular weight excluding hydrogens is 218 g/mol. The van der Waals surface area contributed by atoms with Crippen molar-refractivity contribution in [1.82, 2.24) is 20.2 Å². The van der Waals surface area contributed by atoms with Crippen LogP contribution in [0.3, 0.4) is 0 Å². The normalized spacial score (nSPS) is 9.65. The van der Waals surface area contributed by atoms with Crippen LogP contribution in [0.1, 0.15) is 11.3 Å². The van der Waals surface area contributed by atoms with Gasteiger partial charge in [-0.1, -0.05) is 0 Å². The van der Waals surface area contributed by atoms with Gasteiger partial charge in [-0.3, -0.25) is 5.10 Å². The van der Waals surface area contributed by atoms with Crippen molar-refractivity contribution in [2.45, 2.75) is 6.54 Å². The van der Waals surface area contributed by atoms with Crippen LogP contribution in [0.5, 0.6) is 0 Å². The van der Waals surface area contributed by atoms with Gasteiger partial charge >= 0.3 is 0 Å². The summed E-state index contributed by atoms with van der Waals surface area (Å²) in [5, 5.41) is 21.5. The van der Waals surface area contributed by atoms with E-state index in [0.29, 0.717) is 23.9 Å². The molecule has 3 N–H and O–H groups in total. The lowest BCUT2D eigenvalue weighted by molar-refractivity contribution is 0.970. The molecule has 2 heterocycles. The highest BCUT2D eigenvalue weighted by atomic mass is 15.1. The van der Waals surface area contributed by atoms with Gasteiger partial charge in [0.2, 0.25) is 5.95 Å². The summed E-state index contributed by atoms with van der Waals surface area (Å²) in [6.45, 7) is 0.523. The van der Waals surface area contributed by atoms with E-state index in [1.165, 1.54) is 6.20 Å². The maximum absolute atomic E-state index is 8.93. The molecule has 0 bridgehead atoms. The van der Waals surface area contributed by atoms with Gasteiger partial charge in [-0.25, -0.2) is 4.98 Å². The molecule has 0 fully saturated rings. The van der Waals surface area contributed by atoms with Crippen molar-refractivity contribution < 1.29 is 0 Å². The highest BCUT2D eigenvalue weighted by molar-refractivity contribution is 5.53. The van der Waals surface area contributed by atoms with Crippen LogP contribution in [-0.4, -0.2) is 27.2 Å². The second-order valence-corrected chi connectivity index (χ2v) is 3.25. The maximum Gasteiger partial charge on any atom is 0.224 e. The summed E-state index contributed by atoms with van der Waals surface area (Å²) in [6, 6.07) is 3.88. The fourth-order valence-electron chi connectivity index (χ4n) is 1.28. The number of hydrogen-bond acceptors (Lipinski definition) is 6. The van der Waals surface area contributed by atoms with E-state index in [-0.39, 0.29) is 0 Å². The fraction of sp³-hybridized carbons (Fsp3) is 0.200. The van der Waals surface area contributed by atoms with Crippen LogP contribution in [0.2, 0.25) is 0 Å². The zero-order chi connectivity index (χ0) is 12.1. The van der Waals surface area contributed by atoms with E-state index >= 15 is 0 Å².